The molecule has 0 aliphatic carbocycles. The van der Waals surface area contributed by atoms with Crippen molar-refractivity contribution in [2.75, 3.05) is 18.5 Å². The summed E-state index contributed by atoms with van der Waals surface area (Å²) in [7, 11) is 0. The quantitative estimate of drug-likeness (QED) is 0.756. The molecule has 1 aromatic heterocycles. The molecular formula is C11H13N3O. The van der Waals surface area contributed by atoms with Gasteiger partial charge < -0.3 is 10.1 Å². The van der Waals surface area contributed by atoms with Crippen LogP contribution in [0.4, 0.5) is 5.82 Å². The summed E-state index contributed by atoms with van der Waals surface area (Å²) in [6, 6.07) is 5.98. The largest absolute Gasteiger partial charge is 0.370 e. The highest BCUT2D eigenvalue weighted by Gasteiger charge is 2.09. The molecule has 2 heterocycles. The second-order valence-electron chi connectivity index (χ2n) is 3.49. The summed E-state index contributed by atoms with van der Waals surface area (Å²) in [6.07, 6.45) is 2.26. The molecule has 0 aromatic carbocycles. The number of aryl methyl sites for hydroxylation is 1. The van der Waals surface area contributed by atoms with E-state index in [1.807, 2.05) is 12.1 Å². The van der Waals surface area contributed by atoms with Crippen molar-refractivity contribution in [1.29, 1.82) is 5.26 Å². The Balaban J connectivity index is 2.04. The van der Waals surface area contributed by atoms with Gasteiger partial charge in [0.1, 0.15) is 12.4 Å². The van der Waals surface area contributed by atoms with Crippen LogP contribution < -0.4 is 5.32 Å². The summed E-state index contributed by atoms with van der Waals surface area (Å²) < 4.78 is 5.11. The van der Waals surface area contributed by atoms with Crippen molar-refractivity contribution in [3.05, 3.63) is 23.4 Å². The predicted octanol–water partition coefficient (Wildman–Crippen LogP) is 1.48. The van der Waals surface area contributed by atoms with E-state index in [0.717, 1.165) is 24.5 Å². The van der Waals surface area contributed by atoms with E-state index in [-0.39, 0.29) is 6.61 Å². The molecular weight excluding hydrogens is 190 g/mol. The number of fused-ring (bicyclic) bond motifs is 1. The molecule has 2 rings (SSSR count). The second-order valence-corrected chi connectivity index (χ2v) is 3.49. The molecule has 1 aromatic rings. The Morgan fingerprint density at radius 1 is 1.53 bits per heavy atom. The highest BCUT2D eigenvalue weighted by atomic mass is 16.5. The monoisotopic (exact) mass is 203 g/mol. The molecule has 0 spiro atoms. The van der Waals surface area contributed by atoms with Crippen molar-refractivity contribution < 1.29 is 4.74 Å². The lowest BCUT2D eigenvalue weighted by atomic mass is 10.1. The SMILES string of the molecule is N#CCOCc1ccc2c(n1)NCCC2. The van der Waals surface area contributed by atoms with Crippen LogP contribution in [0.5, 0.6) is 0 Å². The van der Waals surface area contributed by atoms with Crippen molar-refractivity contribution in [1.82, 2.24) is 4.98 Å². The maximum Gasteiger partial charge on any atom is 0.134 e. The fourth-order valence-electron chi connectivity index (χ4n) is 1.65. The van der Waals surface area contributed by atoms with E-state index in [1.165, 1.54) is 12.0 Å². The van der Waals surface area contributed by atoms with Gasteiger partial charge in [0.15, 0.2) is 0 Å². The summed E-state index contributed by atoms with van der Waals surface area (Å²) >= 11 is 0. The topological polar surface area (TPSA) is 57.9 Å². The Bertz CT molecular complexity index is 384. The average Bonchev–Trinajstić information content (AvgIpc) is 2.29. The highest BCUT2D eigenvalue weighted by molar-refractivity contribution is 5.46. The van der Waals surface area contributed by atoms with Crippen molar-refractivity contribution in [3.63, 3.8) is 0 Å². The van der Waals surface area contributed by atoms with Crippen LogP contribution in [0.1, 0.15) is 17.7 Å². The zero-order valence-electron chi connectivity index (χ0n) is 8.49. The van der Waals surface area contributed by atoms with Crippen molar-refractivity contribution in [2.24, 2.45) is 0 Å². The van der Waals surface area contributed by atoms with Gasteiger partial charge in [-0.25, -0.2) is 4.98 Å². The molecule has 4 heteroatoms. The molecule has 0 amide bonds. The van der Waals surface area contributed by atoms with Gasteiger partial charge >= 0.3 is 0 Å². The number of aromatic nitrogens is 1. The molecule has 0 atom stereocenters. The normalized spacial score (nSPS) is 13.8. The van der Waals surface area contributed by atoms with Crippen LogP contribution in [0.2, 0.25) is 0 Å². The van der Waals surface area contributed by atoms with E-state index in [4.69, 9.17) is 10.00 Å². The number of pyridine rings is 1. The first-order valence-electron chi connectivity index (χ1n) is 5.07. The summed E-state index contributed by atoms with van der Waals surface area (Å²) in [6.45, 7) is 1.51. The van der Waals surface area contributed by atoms with E-state index in [1.54, 1.807) is 0 Å². The van der Waals surface area contributed by atoms with Gasteiger partial charge in [-0.3, -0.25) is 0 Å². The third kappa shape index (κ3) is 2.45. The van der Waals surface area contributed by atoms with E-state index < -0.39 is 0 Å². The van der Waals surface area contributed by atoms with Crippen LogP contribution in [0.15, 0.2) is 12.1 Å². The fraction of sp³-hybridized carbons (Fsp3) is 0.455. The Kier molecular flexibility index (Phi) is 3.15. The molecule has 1 aliphatic heterocycles. The van der Waals surface area contributed by atoms with Gasteiger partial charge in [-0.05, 0) is 24.5 Å². The first-order valence-corrected chi connectivity index (χ1v) is 5.07. The van der Waals surface area contributed by atoms with Gasteiger partial charge in [0.05, 0.1) is 18.4 Å². The minimum Gasteiger partial charge on any atom is -0.370 e. The fourth-order valence-corrected chi connectivity index (χ4v) is 1.65. The lowest BCUT2D eigenvalue weighted by Gasteiger charge is -2.17. The minimum absolute atomic E-state index is 0.117. The first-order chi connectivity index (χ1) is 7.40. The first kappa shape index (κ1) is 9.94. The maximum atomic E-state index is 8.33. The Labute approximate surface area is 88.9 Å². The van der Waals surface area contributed by atoms with Crippen LogP contribution in [0.3, 0.4) is 0 Å². The Morgan fingerprint density at radius 3 is 3.33 bits per heavy atom. The van der Waals surface area contributed by atoms with E-state index in [0.29, 0.717) is 6.61 Å². The van der Waals surface area contributed by atoms with Crippen LogP contribution in [0, 0.1) is 11.3 Å². The zero-order valence-corrected chi connectivity index (χ0v) is 8.49. The molecule has 0 saturated carbocycles. The number of nitrogens with one attached hydrogen (secondary N) is 1. The average molecular weight is 203 g/mol. The third-order valence-electron chi connectivity index (χ3n) is 2.37. The van der Waals surface area contributed by atoms with Gasteiger partial charge in [-0.2, -0.15) is 5.26 Å². The molecule has 0 unspecified atom stereocenters. The number of nitriles is 1. The second kappa shape index (κ2) is 4.76. The number of hydrogen-bond donors (Lipinski definition) is 1. The van der Waals surface area contributed by atoms with E-state index >= 15 is 0 Å². The number of ether oxygens (including phenoxy) is 1. The van der Waals surface area contributed by atoms with Gasteiger partial charge in [-0.15, -0.1) is 0 Å². The highest BCUT2D eigenvalue weighted by Crippen LogP contribution is 2.19. The third-order valence-corrected chi connectivity index (χ3v) is 2.37. The lowest BCUT2D eigenvalue weighted by molar-refractivity contribution is 0.149. The summed E-state index contributed by atoms with van der Waals surface area (Å²) in [4.78, 5) is 4.44. The van der Waals surface area contributed by atoms with Crippen LogP contribution in [-0.2, 0) is 17.8 Å². The molecule has 4 nitrogen and oxygen atoms in total. The van der Waals surface area contributed by atoms with Crippen molar-refractivity contribution in [3.8, 4) is 6.07 Å². The van der Waals surface area contributed by atoms with Crippen LogP contribution in [-0.4, -0.2) is 18.1 Å². The minimum atomic E-state index is 0.117. The zero-order chi connectivity index (χ0) is 10.5. The van der Waals surface area contributed by atoms with Gasteiger partial charge in [0.25, 0.3) is 0 Å². The van der Waals surface area contributed by atoms with Crippen molar-refractivity contribution >= 4 is 5.82 Å². The maximum absolute atomic E-state index is 8.33. The Morgan fingerprint density at radius 2 is 2.47 bits per heavy atom. The number of hydrogen-bond acceptors (Lipinski definition) is 4. The Hall–Kier alpha value is -1.60. The smallest absolute Gasteiger partial charge is 0.134 e. The number of rotatable bonds is 3. The van der Waals surface area contributed by atoms with Gasteiger partial charge in [-0.1, -0.05) is 6.07 Å². The molecule has 0 fully saturated rings. The summed E-state index contributed by atoms with van der Waals surface area (Å²) in [5.41, 5.74) is 2.14. The standard InChI is InChI=1S/C11H13N3O/c12-5-7-15-8-10-4-3-9-2-1-6-13-11(9)14-10/h3-4H,1-2,6-8H2,(H,13,14). The lowest BCUT2D eigenvalue weighted by Crippen LogP contribution is -2.14. The number of nitrogens with zero attached hydrogens (tertiary/aromatic N) is 2. The van der Waals surface area contributed by atoms with Gasteiger partial charge in [0.2, 0.25) is 0 Å². The molecule has 1 N–H and O–H groups in total. The molecule has 0 saturated heterocycles. The van der Waals surface area contributed by atoms with Crippen LogP contribution in [0.25, 0.3) is 0 Å². The molecule has 78 valence electrons. The predicted molar refractivity (Wildman–Crippen MR) is 56.3 cm³/mol. The molecule has 15 heavy (non-hydrogen) atoms. The molecule has 0 radical (unpaired) electrons. The van der Waals surface area contributed by atoms with Crippen LogP contribution >= 0.6 is 0 Å². The van der Waals surface area contributed by atoms with Crippen molar-refractivity contribution in [2.45, 2.75) is 19.4 Å². The summed E-state index contributed by atoms with van der Waals surface area (Å²) in [5, 5.41) is 11.6. The molecule has 1 aliphatic rings. The number of anilines is 1. The van der Waals surface area contributed by atoms with Gasteiger partial charge in [0, 0.05) is 6.54 Å². The molecule has 0 bridgehead atoms. The summed E-state index contributed by atoms with van der Waals surface area (Å²) in [5.74, 6) is 0.972. The van der Waals surface area contributed by atoms with E-state index in [9.17, 15) is 0 Å². The van der Waals surface area contributed by atoms with E-state index in [2.05, 4.69) is 16.4 Å².